The second kappa shape index (κ2) is 11.2. The molecule has 0 radical (unpaired) electrons. The van der Waals surface area contributed by atoms with Crippen LogP contribution in [0.3, 0.4) is 0 Å². The van der Waals surface area contributed by atoms with E-state index >= 15 is 0 Å². The maximum Gasteiger partial charge on any atom is 0.389 e. The van der Waals surface area contributed by atoms with Crippen molar-refractivity contribution in [2.75, 3.05) is 12.4 Å². The van der Waals surface area contributed by atoms with Gasteiger partial charge in [-0.1, -0.05) is 26.7 Å². The average molecular weight is 328 g/mol. The lowest BCUT2D eigenvalue weighted by atomic mass is 10.1. The van der Waals surface area contributed by atoms with E-state index in [2.05, 4.69) is 13.8 Å². The van der Waals surface area contributed by atoms with Crippen LogP contribution in [0.25, 0.3) is 0 Å². The summed E-state index contributed by atoms with van der Waals surface area (Å²) in [6.07, 6.45) is -1.55. The highest BCUT2D eigenvalue weighted by molar-refractivity contribution is 8.00. The van der Waals surface area contributed by atoms with Gasteiger partial charge in [0.05, 0.1) is 6.61 Å². The molecule has 0 aliphatic carbocycles. The van der Waals surface area contributed by atoms with Crippen molar-refractivity contribution in [1.29, 1.82) is 0 Å². The number of thioether (sulfide) groups is 1. The first kappa shape index (κ1) is 20.6. The molecule has 0 aromatic rings. The fourth-order valence-electron chi connectivity index (χ4n) is 1.90. The van der Waals surface area contributed by atoms with Crippen LogP contribution in [0, 0.1) is 5.92 Å². The van der Waals surface area contributed by atoms with E-state index < -0.39 is 12.6 Å². The number of rotatable bonds is 11. The normalized spacial score (nSPS) is 13.5. The maximum atomic E-state index is 12.0. The molecule has 0 aromatic carbocycles. The van der Waals surface area contributed by atoms with Gasteiger partial charge in [0.1, 0.15) is 5.25 Å². The zero-order valence-corrected chi connectivity index (χ0v) is 14.0. The summed E-state index contributed by atoms with van der Waals surface area (Å²) in [5.41, 5.74) is 0. The van der Waals surface area contributed by atoms with Gasteiger partial charge in [0.25, 0.3) is 0 Å². The molecule has 2 nitrogen and oxygen atoms in total. The Labute approximate surface area is 130 Å². The summed E-state index contributed by atoms with van der Waals surface area (Å²) >= 11 is 1.56. The van der Waals surface area contributed by atoms with Crippen LogP contribution in [0.5, 0.6) is 0 Å². The average Bonchev–Trinajstić information content (AvgIpc) is 2.34. The number of ether oxygens (including phenoxy) is 1. The van der Waals surface area contributed by atoms with Gasteiger partial charge < -0.3 is 4.74 Å². The van der Waals surface area contributed by atoms with Crippen LogP contribution in [-0.2, 0) is 9.53 Å². The number of hydrogen-bond acceptors (Lipinski definition) is 3. The third-order valence-corrected chi connectivity index (χ3v) is 4.22. The van der Waals surface area contributed by atoms with E-state index in [1.165, 1.54) is 0 Å². The summed E-state index contributed by atoms with van der Waals surface area (Å²) in [5, 5.41) is -0.153. The van der Waals surface area contributed by atoms with E-state index in [4.69, 9.17) is 4.74 Å². The van der Waals surface area contributed by atoms with Crippen molar-refractivity contribution in [3.8, 4) is 0 Å². The van der Waals surface area contributed by atoms with E-state index in [0.717, 1.165) is 25.0 Å². The number of esters is 1. The predicted molar refractivity (Wildman–Crippen MR) is 81.5 cm³/mol. The number of carbonyl (C=O) groups is 1. The third-order valence-electron chi connectivity index (χ3n) is 2.91. The summed E-state index contributed by atoms with van der Waals surface area (Å²) in [4.78, 5) is 11.8. The van der Waals surface area contributed by atoms with Gasteiger partial charge in [0, 0.05) is 6.42 Å². The molecule has 0 spiro atoms. The van der Waals surface area contributed by atoms with Gasteiger partial charge in [-0.15, -0.1) is 11.8 Å². The largest absolute Gasteiger partial charge is 0.465 e. The fraction of sp³-hybridized carbons (Fsp3) is 0.933. The Morgan fingerprint density at radius 1 is 1.14 bits per heavy atom. The van der Waals surface area contributed by atoms with Gasteiger partial charge in [-0.05, 0) is 37.9 Å². The van der Waals surface area contributed by atoms with Gasteiger partial charge in [-0.2, -0.15) is 13.2 Å². The summed E-state index contributed by atoms with van der Waals surface area (Å²) in [6, 6.07) is 0. The zero-order valence-electron chi connectivity index (χ0n) is 13.2. The fourth-order valence-corrected chi connectivity index (χ4v) is 3.28. The Morgan fingerprint density at radius 3 is 2.29 bits per heavy atom. The van der Waals surface area contributed by atoms with Crippen molar-refractivity contribution in [2.45, 2.75) is 70.7 Å². The molecule has 0 N–H and O–H groups in total. The highest BCUT2D eigenvalue weighted by Crippen LogP contribution is 2.24. The lowest BCUT2D eigenvalue weighted by Gasteiger charge is -2.17. The molecular formula is C15H27F3O2S. The highest BCUT2D eigenvalue weighted by atomic mass is 32.2. The predicted octanol–water partition coefficient (Wildman–Crippen LogP) is 5.21. The topological polar surface area (TPSA) is 26.3 Å². The van der Waals surface area contributed by atoms with E-state index in [-0.39, 0.29) is 17.6 Å². The molecule has 6 heteroatoms. The molecule has 126 valence electrons. The molecule has 0 amide bonds. The maximum absolute atomic E-state index is 12.0. The molecule has 0 heterocycles. The Hall–Kier alpha value is -0.390. The smallest absolute Gasteiger partial charge is 0.389 e. The van der Waals surface area contributed by atoms with Crippen molar-refractivity contribution >= 4 is 17.7 Å². The van der Waals surface area contributed by atoms with Crippen LogP contribution in [0.1, 0.15) is 59.3 Å². The first-order valence-corrected chi connectivity index (χ1v) is 8.66. The quantitative estimate of drug-likeness (QED) is 0.385. The van der Waals surface area contributed by atoms with Gasteiger partial charge in [-0.3, -0.25) is 4.79 Å². The van der Waals surface area contributed by atoms with Crippen LogP contribution < -0.4 is 0 Å². The van der Waals surface area contributed by atoms with Gasteiger partial charge >= 0.3 is 12.1 Å². The first-order valence-electron chi connectivity index (χ1n) is 7.61. The van der Waals surface area contributed by atoms with Crippen LogP contribution in [-0.4, -0.2) is 29.8 Å². The molecule has 0 bridgehead atoms. The molecule has 0 aliphatic rings. The number of halogens is 3. The molecular weight excluding hydrogens is 301 g/mol. The molecule has 0 fully saturated rings. The lowest BCUT2D eigenvalue weighted by molar-refractivity contribution is -0.142. The van der Waals surface area contributed by atoms with Gasteiger partial charge in [0.15, 0.2) is 0 Å². The van der Waals surface area contributed by atoms with Crippen molar-refractivity contribution in [1.82, 2.24) is 0 Å². The minimum Gasteiger partial charge on any atom is -0.465 e. The lowest BCUT2D eigenvalue weighted by Crippen LogP contribution is -2.22. The van der Waals surface area contributed by atoms with Crippen molar-refractivity contribution < 1.29 is 22.7 Å². The summed E-state index contributed by atoms with van der Waals surface area (Å²) in [6.45, 7) is 6.29. The molecule has 0 rings (SSSR count). The van der Waals surface area contributed by atoms with E-state index in [1.54, 1.807) is 18.7 Å². The molecule has 21 heavy (non-hydrogen) atoms. The van der Waals surface area contributed by atoms with Crippen LogP contribution in [0.2, 0.25) is 0 Å². The molecule has 0 aliphatic heterocycles. The highest BCUT2D eigenvalue weighted by Gasteiger charge is 2.25. The van der Waals surface area contributed by atoms with E-state index in [9.17, 15) is 18.0 Å². The molecule has 0 saturated carbocycles. The minimum atomic E-state index is -4.04. The van der Waals surface area contributed by atoms with Gasteiger partial charge in [-0.25, -0.2) is 0 Å². The Bertz CT molecular complexity index is 281. The first-order chi connectivity index (χ1) is 9.76. The minimum absolute atomic E-state index is 0.153. The molecule has 1 atom stereocenters. The standard InChI is InChI=1S/C15H27F3O2S/c1-4-20-14(19)13(11-12(2)3)21-10-8-6-5-7-9-15(16,17)18/h12-13H,4-11H2,1-3H3. The van der Waals surface area contributed by atoms with E-state index in [0.29, 0.717) is 18.9 Å². The summed E-state index contributed by atoms with van der Waals surface area (Å²) < 4.78 is 40.9. The SMILES string of the molecule is CCOC(=O)C(CC(C)C)SCCCCCCC(F)(F)F. The van der Waals surface area contributed by atoms with E-state index in [1.807, 2.05) is 0 Å². The Kier molecular flexibility index (Phi) is 11.0. The second-order valence-electron chi connectivity index (χ2n) is 5.52. The summed E-state index contributed by atoms with van der Waals surface area (Å²) in [5.74, 6) is 1.04. The van der Waals surface area contributed by atoms with Gasteiger partial charge in [0.2, 0.25) is 0 Å². The van der Waals surface area contributed by atoms with Crippen LogP contribution in [0.4, 0.5) is 13.2 Å². The van der Waals surface area contributed by atoms with Crippen molar-refractivity contribution in [3.05, 3.63) is 0 Å². The number of alkyl halides is 3. The summed E-state index contributed by atoms with van der Waals surface area (Å²) in [7, 11) is 0. The second-order valence-corrected chi connectivity index (χ2v) is 6.83. The number of unbranched alkanes of at least 4 members (excludes halogenated alkanes) is 3. The number of carbonyl (C=O) groups excluding carboxylic acids is 1. The monoisotopic (exact) mass is 328 g/mol. The van der Waals surface area contributed by atoms with Crippen LogP contribution in [0.15, 0.2) is 0 Å². The zero-order chi connectivity index (χ0) is 16.3. The Balaban J connectivity index is 3.80. The molecule has 1 unspecified atom stereocenters. The Morgan fingerprint density at radius 2 is 1.76 bits per heavy atom. The molecule has 0 aromatic heterocycles. The van der Waals surface area contributed by atoms with Crippen molar-refractivity contribution in [2.24, 2.45) is 5.92 Å². The van der Waals surface area contributed by atoms with Crippen molar-refractivity contribution in [3.63, 3.8) is 0 Å². The third kappa shape index (κ3) is 13.0. The number of hydrogen-bond donors (Lipinski definition) is 0. The molecule has 0 saturated heterocycles. The van der Waals surface area contributed by atoms with Crippen LogP contribution >= 0.6 is 11.8 Å².